The van der Waals surface area contributed by atoms with Gasteiger partial charge in [-0.15, -0.1) is 0 Å². The van der Waals surface area contributed by atoms with Crippen molar-refractivity contribution in [3.63, 3.8) is 0 Å². The minimum atomic E-state index is 0.119. The van der Waals surface area contributed by atoms with Gasteiger partial charge in [0.05, 0.1) is 18.3 Å². The van der Waals surface area contributed by atoms with Crippen molar-refractivity contribution >= 4 is 17.2 Å². The maximum absolute atomic E-state index is 10.7. The van der Waals surface area contributed by atoms with Gasteiger partial charge in [0.15, 0.2) is 6.29 Å². The lowest BCUT2D eigenvalue weighted by Gasteiger charge is -2.03. The van der Waals surface area contributed by atoms with Crippen LogP contribution in [0.3, 0.4) is 0 Å². The Morgan fingerprint density at radius 3 is 2.73 bits per heavy atom. The summed E-state index contributed by atoms with van der Waals surface area (Å²) in [5, 5.41) is 10.4. The molecule has 2 rings (SSSR count). The van der Waals surface area contributed by atoms with Gasteiger partial charge < -0.3 is 14.4 Å². The molecule has 0 aliphatic carbocycles. The number of carbonyl (C=O) groups is 1. The van der Waals surface area contributed by atoms with Gasteiger partial charge in [-0.2, -0.15) is 0 Å². The minimum absolute atomic E-state index is 0.119. The third-order valence-corrected chi connectivity index (χ3v) is 2.51. The molecule has 2 aromatic rings. The Labute approximate surface area is 86.7 Å². The molecule has 1 N–H and O–H groups in total. The van der Waals surface area contributed by atoms with Crippen molar-refractivity contribution in [2.75, 3.05) is 7.11 Å². The van der Waals surface area contributed by atoms with Gasteiger partial charge in [-0.25, -0.2) is 0 Å². The van der Waals surface area contributed by atoms with Crippen LogP contribution in [0.15, 0.2) is 18.2 Å². The van der Waals surface area contributed by atoms with E-state index in [0.29, 0.717) is 16.8 Å². The molecular weight excluding hydrogens is 194 g/mol. The van der Waals surface area contributed by atoms with E-state index < -0.39 is 0 Å². The predicted octanol–water partition coefficient (Wildman–Crippen LogP) is 1.70. The maximum Gasteiger partial charge on any atom is 0.166 e. The van der Waals surface area contributed by atoms with Gasteiger partial charge in [0.1, 0.15) is 11.5 Å². The molecule has 4 nitrogen and oxygen atoms in total. The topological polar surface area (TPSA) is 51.5 Å². The number of aromatic nitrogens is 1. The minimum Gasteiger partial charge on any atom is -0.507 e. The van der Waals surface area contributed by atoms with E-state index in [9.17, 15) is 9.90 Å². The average molecular weight is 205 g/mol. The van der Waals surface area contributed by atoms with Crippen molar-refractivity contribution in [3.8, 4) is 11.5 Å². The summed E-state index contributed by atoms with van der Waals surface area (Å²) in [6.45, 7) is 0. The molecule has 0 fully saturated rings. The number of phenols is 1. The molecule has 0 aliphatic rings. The van der Waals surface area contributed by atoms with Crippen molar-refractivity contribution in [2.45, 2.75) is 0 Å². The van der Waals surface area contributed by atoms with Crippen LogP contribution >= 0.6 is 0 Å². The summed E-state index contributed by atoms with van der Waals surface area (Å²) in [4.78, 5) is 10.7. The van der Waals surface area contributed by atoms with Gasteiger partial charge in [0.2, 0.25) is 0 Å². The third kappa shape index (κ3) is 1.34. The summed E-state index contributed by atoms with van der Waals surface area (Å²) >= 11 is 0. The molecule has 0 radical (unpaired) electrons. The zero-order valence-electron chi connectivity index (χ0n) is 8.52. The maximum atomic E-state index is 10.7. The van der Waals surface area contributed by atoms with Crippen molar-refractivity contribution in [3.05, 3.63) is 23.9 Å². The number of hydrogen-bond acceptors (Lipinski definition) is 3. The highest BCUT2D eigenvalue weighted by molar-refractivity contribution is 5.93. The lowest BCUT2D eigenvalue weighted by molar-refractivity contribution is 0.111. The Morgan fingerprint density at radius 2 is 2.13 bits per heavy atom. The Hall–Kier alpha value is -1.97. The Balaban J connectivity index is 2.83. The van der Waals surface area contributed by atoms with Crippen molar-refractivity contribution < 1.29 is 14.6 Å². The summed E-state index contributed by atoms with van der Waals surface area (Å²) in [5.41, 5.74) is 1.29. The predicted molar refractivity (Wildman–Crippen MR) is 56.5 cm³/mol. The summed E-state index contributed by atoms with van der Waals surface area (Å²) in [5.74, 6) is 0.687. The standard InChI is InChI=1S/C11H11NO3/c1-12-7(6-13)3-9-10(12)4-8(15-2)5-11(9)14/h3-6,14H,1-2H3. The molecule has 1 aromatic carbocycles. The second-order valence-corrected chi connectivity index (χ2v) is 3.33. The Bertz CT molecular complexity index is 528. The van der Waals surface area contributed by atoms with Gasteiger partial charge >= 0.3 is 0 Å². The first-order chi connectivity index (χ1) is 7.17. The van der Waals surface area contributed by atoms with Crippen LogP contribution < -0.4 is 4.74 Å². The number of benzene rings is 1. The zero-order valence-corrected chi connectivity index (χ0v) is 8.52. The molecule has 0 aliphatic heterocycles. The third-order valence-electron chi connectivity index (χ3n) is 2.51. The molecule has 15 heavy (non-hydrogen) atoms. The fourth-order valence-electron chi connectivity index (χ4n) is 1.64. The Morgan fingerprint density at radius 1 is 1.40 bits per heavy atom. The van der Waals surface area contributed by atoms with Crippen LogP contribution in [0.25, 0.3) is 10.9 Å². The monoisotopic (exact) mass is 205 g/mol. The van der Waals surface area contributed by atoms with E-state index in [1.807, 2.05) is 0 Å². The van der Waals surface area contributed by atoms with Gasteiger partial charge in [-0.3, -0.25) is 4.79 Å². The number of aryl methyl sites for hydroxylation is 1. The van der Waals surface area contributed by atoms with Crippen LogP contribution in [0.2, 0.25) is 0 Å². The molecule has 0 unspecified atom stereocenters. The SMILES string of the molecule is COc1cc(O)c2cc(C=O)n(C)c2c1. The van der Waals surface area contributed by atoms with Crippen molar-refractivity contribution in [1.29, 1.82) is 0 Å². The Kier molecular flexibility index (Phi) is 2.11. The number of methoxy groups -OCH3 is 1. The lowest BCUT2D eigenvalue weighted by Crippen LogP contribution is -1.93. The first-order valence-corrected chi connectivity index (χ1v) is 4.49. The number of carbonyl (C=O) groups excluding carboxylic acids is 1. The molecule has 0 saturated carbocycles. The van der Waals surface area contributed by atoms with E-state index in [-0.39, 0.29) is 5.75 Å². The summed E-state index contributed by atoms with van der Waals surface area (Å²) in [6.07, 6.45) is 0.756. The van der Waals surface area contributed by atoms with Crippen LogP contribution in [0.5, 0.6) is 11.5 Å². The number of ether oxygens (including phenoxy) is 1. The molecule has 0 atom stereocenters. The average Bonchev–Trinajstić information content (AvgIpc) is 2.56. The van der Waals surface area contributed by atoms with E-state index in [1.54, 1.807) is 23.7 Å². The largest absolute Gasteiger partial charge is 0.507 e. The molecule has 1 heterocycles. The van der Waals surface area contributed by atoms with E-state index in [4.69, 9.17) is 4.74 Å². The highest BCUT2D eigenvalue weighted by Crippen LogP contribution is 2.31. The fourth-order valence-corrected chi connectivity index (χ4v) is 1.64. The first-order valence-electron chi connectivity index (χ1n) is 4.49. The molecule has 4 heteroatoms. The van der Waals surface area contributed by atoms with E-state index in [1.165, 1.54) is 13.2 Å². The van der Waals surface area contributed by atoms with Gasteiger partial charge in [-0.05, 0) is 6.07 Å². The zero-order chi connectivity index (χ0) is 11.0. The highest BCUT2D eigenvalue weighted by atomic mass is 16.5. The smallest absolute Gasteiger partial charge is 0.166 e. The van der Waals surface area contributed by atoms with E-state index in [0.717, 1.165) is 11.8 Å². The molecule has 0 saturated heterocycles. The fraction of sp³-hybridized carbons (Fsp3) is 0.182. The first kappa shape index (κ1) is 9.58. The van der Waals surface area contributed by atoms with Crippen molar-refractivity contribution in [2.24, 2.45) is 7.05 Å². The summed E-state index contributed by atoms with van der Waals surface area (Å²) < 4.78 is 6.75. The van der Waals surface area contributed by atoms with Crippen LogP contribution in [-0.2, 0) is 7.05 Å². The number of hydrogen-bond donors (Lipinski definition) is 1. The molecule has 1 aromatic heterocycles. The number of aldehydes is 1. The second kappa shape index (κ2) is 3.31. The van der Waals surface area contributed by atoms with Crippen molar-refractivity contribution in [1.82, 2.24) is 4.57 Å². The van der Waals surface area contributed by atoms with E-state index >= 15 is 0 Å². The number of fused-ring (bicyclic) bond motifs is 1. The van der Waals surface area contributed by atoms with Crippen LogP contribution in [-0.4, -0.2) is 23.1 Å². The number of rotatable bonds is 2. The van der Waals surface area contributed by atoms with Crippen LogP contribution in [0, 0.1) is 0 Å². The van der Waals surface area contributed by atoms with E-state index in [2.05, 4.69) is 0 Å². The molecule has 0 bridgehead atoms. The van der Waals surface area contributed by atoms with Gasteiger partial charge in [0.25, 0.3) is 0 Å². The number of nitrogens with zero attached hydrogens (tertiary/aromatic N) is 1. The molecule has 78 valence electrons. The quantitative estimate of drug-likeness (QED) is 0.759. The van der Waals surface area contributed by atoms with Gasteiger partial charge in [0, 0.05) is 24.6 Å². The van der Waals surface area contributed by atoms with Gasteiger partial charge in [-0.1, -0.05) is 0 Å². The molecular formula is C11H11NO3. The van der Waals surface area contributed by atoms with Crippen LogP contribution in [0.1, 0.15) is 10.5 Å². The second-order valence-electron chi connectivity index (χ2n) is 3.33. The lowest BCUT2D eigenvalue weighted by atomic mass is 10.2. The molecule has 0 amide bonds. The highest BCUT2D eigenvalue weighted by Gasteiger charge is 2.10. The number of phenolic OH excluding ortho intramolecular Hbond substituents is 1. The normalized spacial score (nSPS) is 10.5. The molecule has 0 spiro atoms. The number of aromatic hydroxyl groups is 1. The summed E-state index contributed by atoms with van der Waals surface area (Å²) in [6, 6.07) is 4.95. The van der Waals surface area contributed by atoms with Crippen LogP contribution in [0.4, 0.5) is 0 Å². The summed E-state index contributed by atoms with van der Waals surface area (Å²) in [7, 11) is 3.30.